The number of rotatable bonds is 6. The fraction of sp³-hybridized carbons (Fsp3) is 0.250. The number of pyridine rings is 1. The molecule has 8 heteroatoms. The molecular weight excluding hydrogens is 323 g/mol. The van der Waals surface area contributed by atoms with Crippen molar-refractivity contribution in [3.63, 3.8) is 0 Å². The van der Waals surface area contributed by atoms with Gasteiger partial charge in [0, 0.05) is 25.5 Å². The smallest absolute Gasteiger partial charge is 0.383 e. The van der Waals surface area contributed by atoms with E-state index in [0.29, 0.717) is 30.2 Å². The number of benzene rings is 1. The summed E-state index contributed by atoms with van der Waals surface area (Å²) in [5.74, 6) is 0.142. The van der Waals surface area contributed by atoms with Crippen molar-refractivity contribution in [1.29, 1.82) is 0 Å². The average molecular weight is 339 g/mol. The molecule has 2 aromatic rings. The zero-order valence-corrected chi connectivity index (χ0v) is 12.9. The summed E-state index contributed by atoms with van der Waals surface area (Å²) in [4.78, 5) is 15.9. The second-order valence-electron chi connectivity index (χ2n) is 4.88. The van der Waals surface area contributed by atoms with Crippen molar-refractivity contribution >= 4 is 17.4 Å². The highest BCUT2D eigenvalue weighted by atomic mass is 19.4. The fourth-order valence-electron chi connectivity index (χ4n) is 1.86. The van der Waals surface area contributed by atoms with E-state index in [9.17, 15) is 18.0 Å². The number of carbonyl (C=O) groups is 1. The molecule has 1 amide bonds. The van der Waals surface area contributed by atoms with Gasteiger partial charge in [0.2, 0.25) is 0 Å². The van der Waals surface area contributed by atoms with Crippen molar-refractivity contribution in [3.8, 4) is 0 Å². The van der Waals surface area contributed by atoms with Crippen LogP contribution in [-0.2, 0) is 10.9 Å². The first-order valence-corrected chi connectivity index (χ1v) is 7.07. The Morgan fingerprint density at radius 2 is 1.88 bits per heavy atom. The van der Waals surface area contributed by atoms with Gasteiger partial charge in [-0.3, -0.25) is 4.79 Å². The van der Waals surface area contributed by atoms with E-state index in [0.717, 1.165) is 12.1 Å². The minimum Gasteiger partial charge on any atom is -0.383 e. The molecule has 2 rings (SSSR count). The molecule has 0 saturated heterocycles. The quantitative estimate of drug-likeness (QED) is 0.793. The molecule has 0 fully saturated rings. The Morgan fingerprint density at radius 3 is 2.42 bits per heavy atom. The molecule has 1 aromatic heterocycles. The van der Waals surface area contributed by atoms with Gasteiger partial charge in [-0.05, 0) is 36.4 Å². The van der Waals surface area contributed by atoms with Gasteiger partial charge in [-0.25, -0.2) is 4.98 Å². The number of hydrogen-bond donors (Lipinski definition) is 2. The lowest BCUT2D eigenvalue weighted by molar-refractivity contribution is -0.137. The molecule has 0 unspecified atom stereocenters. The highest BCUT2D eigenvalue weighted by Crippen LogP contribution is 2.30. The van der Waals surface area contributed by atoms with Crippen LogP contribution in [-0.4, -0.2) is 31.2 Å². The van der Waals surface area contributed by atoms with Gasteiger partial charge in [0.15, 0.2) is 0 Å². The minimum atomic E-state index is -4.37. The third kappa shape index (κ3) is 4.95. The number of halogens is 3. The molecule has 0 radical (unpaired) electrons. The van der Waals surface area contributed by atoms with Gasteiger partial charge in [0.05, 0.1) is 17.7 Å². The van der Waals surface area contributed by atoms with Crippen molar-refractivity contribution in [1.82, 2.24) is 10.3 Å². The van der Waals surface area contributed by atoms with E-state index in [1.165, 1.54) is 25.4 Å². The normalized spacial score (nSPS) is 11.2. The van der Waals surface area contributed by atoms with Crippen LogP contribution in [0.4, 0.5) is 24.7 Å². The van der Waals surface area contributed by atoms with Crippen LogP contribution in [0, 0.1) is 0 Å². The molecule has 5 nitrogen and oxygen atoms in total. The Bertz CT molecular complexity index is 670. The number of anilines is 2. The maximum absolute atomic E-state index is 12.5. The van der Waals surface area contributed by atoms with Crippen LogP contribution >= 0.6 is 0 Å². The second-order valence-corrected chi connectivity index (χ2v) is 4.88. The van der Waals surface area contributed by atoms with Gasteiger partial charge in [-0.15, -0.1) is 0 Å². The highest BCUT2D eigenvalue weighted by molar-refractivity contribution is 5.94. The van der Waals surface area contributed by atoms with Crippen molar-refractivity contribution in [2.75, 3.05) is 25.6 Å². The number of ether oxygens (including phenoxy) is 1. The van der Waals surface area contributed by atoms with Crippen molar-refractivity contribution < 1.29 is 22.7 Å². The molecule has 1 heterocycles. The molecule has 0 spiro atoms. The summed E-state index contributed by atoms with van der Waals surface area (Å²) in [6.07, 6.45) is -2.98. The number of methoxy groups -OCH3 is 1. The van der Waals surface area contributed by atoms with Gasteiger partial charge in [-0.1, -0.05) is 0 Å². The number of nitrogens with zero attached hydrogens (tertiary/aromatic N) is 1. The first-order valence-electron chi connectivity index (χ1n) is 7.07. The van der Waals surface area contributed by atoms with Gasteiger partial charge < -0.3 is 15.4 Å². The van der Waals surface area contributed by atoms with E-state index in [-0.39, 0.29) is 5.91 Å². The minimum absolute atomic E-state index is 0.277. The third-order valence-corrected chi connectivity index (χ3v) is 3.10. The summed E-state index contributed by atoms with van der Waals surface area (Å²) in [5.41, 5.74) is 0.126. The third-order valence-electron chi connectivity index (χ3n) is 3.10. The molecule has 0 atom stereocenters. The summed E-state index contributed by atoms with van der Waals surface area (Å²) in [6, 6.07) is 7.75. The lowest BCUT2D eigenvalue weighted by atomic mass is 10.2. The maximum atomic E-state index is 12.5. The summed E-state index contributed by atoms with van der Waals surface area (Å²) in [7, 11) is 1.54. The average Bonchev–Trinajstić information content (AvgIpc) is 2.55. The highest BCUT2D eigenvalue weighted by Gasteiger charge is 2.29. The van der Waals surface area contributed by atoms with Gasteiger partial charge in [0.25, 0.3) is 5.91 Å². The molecule has 1 aromatic carbocycles. The van der Waals surface area contributed by atoms with Crippen molar-refractivity contribution in [2.45, 2.75) is 6.18 Å². The summed E-state index contributed by atoms with van der Waals surface area (Å²) >= 11 is 0. The molecule has 0 aliphatic rings. The van der Waals surface area contributed by atoms with Crippen LogP contribution in [0.15, 0.2) is 42.6 Å². The lowest BCUT2D eigenvalue weighted by Crippen LogP contribution is -2.26. The first kappa shape index (κ1) is 17.7. The van der Waals surface area contributed by atoms with Crippen LogP contribution in [0.3, 0.4) is 0 Å². The second kappa shape index (κ2) is 7.78. The van der Waals surface area contributed by atoms with Gasteiger partial charge >= 0.3 is 6.18 Å². The van der Waals surface area contributed by atoms with Crippen LogP contribution in [0.2, 0.25) is 0 Å². The number of hydrogen-bond acceptors (Lipinski definition) is 4. The monoisotopic (exact) mass is 339 g/mol. The van der Waals surface area contributed by atoms with Crippen molar-refractivity contribution in [3.05, 3.63) is 53.7 Å². The Morgan fingerprint density at radius 1 is 1.17 bits per heavy atom. The first-order chi connectivity index (χ1) is 11.4. The van der Waals surface area contributed by atoms with E-state index < -0.39 is 11.7 Å². The van der Waals surface area contributed by atoms with Crippen LogP contribution in [0.1, 0.15) is 15.9 Å². The maximum Gasteiger partial charge on any atom is 0.416 e. The Kier molecular flexibility index (Phi) is 5.75. The van der Waals surface area contributed by atoms with Crippen molar-refractivity contribution in [2.24, 2.45) is 0 Å². The molecule has 0 aliphatic carbocycles. The summed E-state index contributed by atoms with van der Waals surface area (Å²) < 4.78 is 42.3. The van der Waals surface area contributed by atoms with Crippen LogP contribution in [0.25, 0.3) is 0 Å². The number of amides is 1. The molecule has 0 aliphatic heterocycles. The van der Waals surface area contributed by atoms with E-state index in [4.69, 9.17) is 4.74 Å². The Labute approximate surface area is 136 Å². The predicted molar refractivity (Wildman–Crippen MR) is 83.2 cm³/mol. The lowest BCUT2D eigenvalue weighted by Gasteiger charge is -2.09. The Balaban J connectivity index is 1.97. The Hall–Kier alpha value is -2.61. The largest absolute Gasteiger partial charge is 0.416 e. The standard InChI is InChI=1S/C16H16F3N3O2/c1-24-9-8-20-15(23)11-2-7-14(21-10-11)22-13-5-3-12(4-6-13)16(17,18)19/h2-7,10H,8-9H2,1H3,(H,20,23)(H,21,22). The van der Waals surface area contributed by atoms with E-state index >= 15 is 0 Å². The molecule has 2 N–H and O–H groups in total. The number of aromatic nitrogens is 1. The van der Waals surface area contributed by atoms with Crippen LogP contribution < -0.4 is 10.6 Å². The number of nitrogens with one attached hydrogen (secondary N) is 2. The van der Waals surface area contributed by atoms with E-state index in [2.05, 4.69) is 15.6 Å². The molecule has 128 valence electrons. The number of alkyl halides is 3. The fourth-order valence-corrected chi connectivity index (χ4v) is 1.86. The molecular formula is C16H16F3N3O2. The van der Waals surface area contributed by atoms with Crippen LogP contribution in [0.5, 0.6) is 0 Å². The molecule has 24 heavy (non-hydrogen) atoms. The van der Waals surface area contributed by atoms with E-state index in [1.807, 2.05) is 0 Å². The zero-order valence-electron chi connectivity index (χ0n) is 12.9. The molecule has 0 bridgehead atoms. The molecule has 0 saturated carbocycles. The SMILES string of the molecule is COCCNC(=O)c1ccc(Nc2ccc(C(F)(F)F)cc2)nc1. The van der Waals surface area contributed by atoms with Gasteiger partial charge in [0.1, 0.15) is 5.82 Å². The van der Waals surface area contributed by atoms with E-state index in [1.54, 1.807) is 12.1 Å². The predicted octanol–water partition coefficient (Wildman–Crippen LogP) is 3.22. The summed E-state index contributed by atoms with van der Waals surface area (Å²) in [6.45, 7) is 0.799. The summed E-state index contributed by atoms with van der Waals surface area (Å²) in [5, 5.41) is 5.53. The topological polar surface area (TPSA) is 63.2 Å². The zero-order chi connectivity index (χ0) is 17.6. The number of carbonyl (C=O) groups excluding carboxylic acids is 1. The van der Waals surface area contributed by atoms with Gasteiger partial charge in [-0.2, -0.15) is 13.2 Å².